The molecule has 1 aliphatic heterocycles. The molecular formula is C15H14N2O7S. The number of aromatic nitrogens is 1. The van der Waals surface area contributed by atoms with Gasteiger partial charge in [0.15, 0.2) is 0 Å². The molecule has 0 aliphatic carbocycles. The molecule has 1 aromatic carbocycles. The first-order valence-corrected chi connectivity index (χ1v) is 8.73. The van der Waals surface area contributed by atoms with Crippen LogP contribution < -0.4 is 0 Å². The Hall–Kier alpha value is -2.56. The van der Waals surface area contributed by atoms with Crippen molar-refractivity contribution in [2.45, 2.75) is 4.90 Å². The molecule has 0 unspecified atom stereocenters. The molecular weight excluding hydrogens is 352 g/mol. The highest BCUT2D eigenvalue weighted by molar-refractivity contribution is 7.89. The van der Waals surface area contributed by atoms with Crippen LogP contribution in [0.4, 0.5) is 0 Å². The predicted molar refractivity (Wildman–Crippen MR) is 85.2 cm³/mol. The largest absolute Gasteiger partial charge is 0.478 e. The van der Waals surface area contributed by atoms with Crippen molar-refractivity contribution in [1.29, 1.82) is 0 Å². The zero-order valence-corrected chi connectivity index (χ0v) is 13.7. The minimum Gasteiger partial charge on any atom is -0.478 e. The van der Waals surface area contributed by atoms with Crippen LogP contribution in [-0.4, -0.2) is 66.2 Å². The molecule has 2 heterocycles. The molecule has 1 aliphatic rings. The lowest BCUT2D eigenvalue weighted by atomic mass is 10.0. The summed E-state index contributed by atoms with van der Waals surface area (Å²) in [6, 6.07) is 3.84. The average molecular weight is 366 g/mol. The van der Waals surface area contributed by atoms with E-state index in [1.165, 1.54) is 16.4 Å². The van der Waals surface area contributed by atoms with Crippen molar-refractivity contribution in [3.8, 4) is 0 Å². The normalized spacial score (nSPS) is 16.0. The highest BCUT2D eigenvalue weighted by Crippen LogP contribution is 2.26. The third-order valence-electron chi connectivity index (χ3n) is 3.89. The van der Waals surface area contributed by atoms with Gasteiger partial charge in [-0.3, -0.25) is 4.98 Å². The van der Waals surface area contributed by atoms with Gasteiger partial charge in [-0.1, -0.05) is 0 Å². The van der Waals surface area contributed by atoms with Crippen LogP contribution in [0.25, 0.3) is 10.9 Å². The summed E-state index contributed by atoms with van der Waals surface area (Å²) in [7, 11) is -3.84. The van der Waals surface area contributed by atoms with Crippen molar-refractivity contribution in [3.63, 3.8) is 0 Å². The lowest BCUT2D eigenvalue weighted by Gasteiger charge is -2.26. The van der Waals surface area contributed by atoms with E-state index in [1.807, 2.05) is 0 Å². The molecule has 1 saturated heterocycles. The van der Waals surface area contributed by atoms with Crippen LogP contribution in [0.15, 0.2) is 29.3 Å². The van der Waals surface area contributed by atoms with Crippen molar-refractivity contribution in [2.75, 3.05) is 26.3 Å². The third-order valence-corrected chi connectivity index (χ3v) is 5.79. The van der Waals surface area contributed by atoms with Gasteiger partial charge >= 0.3 is 11.9 Å². The van der Waals surface area contributed by atoms with E-state index in [0.717, 1.165) is 12.3 Å². The minimum absolute atomic E-state index is 0.0401. The quantitative estimate of drug-likeness (QED) is 0.805. The summed E-state index contributed by atoms with van der Waals surface area (Å²) in [5, 5.41) is 18.5. The SMILES string of the molecule is O=C(O)c1cnc2ccc(S(=O)(=O)N3CCOCC3)cc2c1C(=O)O. The molecule has 132 valence electrons. The lowest BCUT2D eigenvalue weighted by Crippen LogP contribution is -2.40. The monoisotopic (exact) mass is 366 g/mol. The van der Waals surface area contributed by atoms with Gasteiger partial charge in [0.2, 0.25) is 10.0 Å². The number of carboxylic acids is 2. The molecule has 0 amide bonds. The molecule has 9 nitrogen and oxygen atoms in total. The summed E-state index contributed by atoms with van der Waals surface area (Å²) in [6.45, 7) is 0.939. The summed E-state index contributed by atoms with van der Waals surface area (Å²) < 4.78 is 31.8. The number of pyridine rings is 1. The Bertz CT molecular complexity index is 965. The van der Waals surface area contributed by atoms with Gasteiger partial charge < -0.3 is 14.9 Å². The first kappa shape index (κ1) is 17.3. The zero-order valence-electron chi connectivity index (χ0n) is 12.9. The molecule has 0 bridgehead atoms. The Morgan fingerprint density at radius 1 is 1.12 bits per heavy atom. The van der Waals surface area contributed by atoms with Gasteiger partial charge in [-0.15, -0.1) is 0 Å². The fourth-order valence-corrected chi connectivity index (χ4v) is 4.10. The van der Waals surface area contributed by atoms with Crippen LogP contribution in [0.1, 0.15) is 20.7 Å². The standard InChI is InChI=1S/C15H14N2O7S/c18-14(19)11-8-16-12-2-1-9(7-10(12)13(11)15(20)21)25(22,23)17-3-5-24-6-4-17/h1-2,7-8H,3-6H2,(H,18,19)(H,20,21). The number of morpholine rings is 1. The van der Waals surface area contributed by atoms with Gasteiger partial charge in [-0.2, -0.15) is 4.31 Å². The van der Waals surface area contributed by atoms with E-state index in [-0.39, 0.29) is 42.1 Å². The van der Waals surface area contributed by atoms with Crippen LogP contribution >= 0.6 is 0 Å². The Morgan fingerprint density at radius 2 is 1.80 bits per heavy atom. The first-order chi connectivity index (χ1) is 11.8. The zero-order chi connectivity index (χ0) is 18.2. The average Bonchev–Trinajstić information content (AvgIpc) is 2.60. The predicted octanol–water partition coefficient (Wildman–Crippen LogP) is 0.652. The second kappa shape index (κ2) is 6.39. The van der Waals surface area contributed by atoms with Crippen molar-refractivity contribution in [2.24, 2.45) is 0 Å². The summed E-state index contributed by atoms with van der Waals surface area (Å²) in [4.78, 5) is 26.6. The van der Waals surface area contributed by atoms with Crippen LogP contribution in [0.3, 0.4) is 0 Å². The maximum atomic E-state index is 12.7. The van der Waals surface area contributed by atoms with Crippen LogP contribution in [0.5, 0.6) is 0 Å². The van der Waals surface area contributed by atoms with Gasteiger partial charge in [0.1, 0.15) is 0 Å². The Kier molecular flexibility index (Phi) is 4.41. The van der Waals surface area contributed by atoms with E-state index in [2.05, 4.69) is 4.98 Å². The van der Waals surface area contributed by atoms with E-state index in [9.17, 15) is 23.1 Å². The topological polar surface area (TPSA) is 134 Å². The van der Waals surface area contributed by atoms with E-state index in [0.29, 0.717) is 0 Å². The number of hydrogen-bond acceptors (Lipinski definition) is 6. The molecule has 1 fully saturated rings. The number of carbonyl (C=O) groups is 2. The number of ether oxygens (including phenoxy) is 1. The minimum atomic E-state index is -3.84. The number of sulfonamides is 1. The van der Waals surface area contributed by atoms with Crippen molar-refractivity contribution in [1.82, 2.24) is 9.29 Å². The van der Waals surface area contributed by atoms with E-state index >= 15 is 0 Å². The Labute approximate surface area is 142 Å². The van der Waals surface area contributed by atoms with E-state index in [1.54, 1.807) is 0 Å². The maximum Gasteiger partial charge on any atom is 0.338 e. The molecule has 0 atom stereocenters. The second-order valence-corrected chi connectivity index (χ2v) is 7.29. The van der Waals surface area contributed by atoms with Gasteiger partial charge in [0.05, 0.1) is 34.8 Å². The molecule has 0 spiro atoms. The smallest absolute Gasteiger partial charge is 0.338 e. The van der Waals surface area contributed by atoms with Crippen LogP contribution in [0, 0.1) is 0 Å². The molecule has 0 radical (unpaired) electrons. The highest BCUT2D eigenvalue weighted by Gasteiger charge is 2.28. The number of hydrogen-bond donors (Lipinski definition) is 2. The van der Waals surface area contributed by atoms with Gasteiger partial charge in [0, 0.05) is 24.7 Å². The molecule has 10 heteroatoms. The lowest BCUT2D eigenvalue weighted by molar-refractivity contribution is 0.0653. The first-order valence-electron chi connectivity index (χ1n) is 7.29. The molecule has 2 N–H and O–H groups in total. The highest BCUT2D eigenvalue weighted by atomic mass is 32.2. The van der Waals surface area contributed by atoms with Crippen molar-refractivity contribution in [3.05, 3.63) is 35.5 Å². The van der Waals surface area contributed by atoms with E-state index < -0.39 is 33.1 Å². The van der Waals surface area contributed by atoms with Gasteiger partial charge in [-0.05, 0) is 18.2 Å². The molecule has 25 heavy (non-hydrogen) atoms. The Balaban J connectivity index is 2.20. The van der Waals surface area contributed by atoms with Gasteiger partial charge in [-0.25, -0.2) is 18.0 Å². The van der Waals surface area contributed by atoms with Gasteiger partial charge in [0.25, 0.3) is 0 Å². The summed E-state index contributed by atoms with van der Waals surface area (Å²) in [6.07, 6.45) is 0.949. The van der Waals surface area contributed by atoms with E-state index in [4.69, 9.17) is 9.84 Å². The molecule has 1 aromatic heterocycles. The van der Waals surface area contributed by atoms with Crippen molar-refractivity contribution < 1.29 is 33.0 Å². The number of carboxylic acid groups (broad SMARTS) is 2. The number of rotatable bonds is 4. The van der Waals surface area contributed by atoms with Crippen LogP contribution in [-0.2, 0) is 14.8 Å². The number of aromatic carboxylic acids is 2. The van der Waals surface area contributed by atoms with Crippen molar-refractivity contribution >= 4 is 32.9 Å². The summed E-state index contributed by atoms with van der Waals surface area (Å²) in [5.41, 5.74) is -0.791. The molecule has 2 aromatic rings. The second-order valence-electron chi connectivity index (χ2n) is 5.35. The Morgan fingerprint density at radius 3 is 2.40 bits per heavy atom. The number of fused-ring (bicyclic) bond motifs is 1. The molecule has 3 rings (SSSR count). The summed E-state index contributed by atoms with van der Waals surface area (Å²) >= 11 is 0. The summed E-state index contributed by atoms with van der Waals surface area (Å²) in [5.74, 6) is -2.92. The number of benzene rings is 1. The molecule has 0 saturated carbocycles. The fourth-order valence-electron chi connectivity index (χ4n) is 2.66. The fraction of sp³-hybridized carbons (Fsp3) is 0.267. The number of nitrogens with zero attached hydrogens (tertiary/aromatic N) is 2. The third kappa shape index (κ3) is 3.06. The maximum absolute atomic E-state index is 12.7. The van der Waals surface area contributed by atoms with Crippen LogP contribution in [0.2, 0.25) is 0 Å².